The molecule has 88 valence electrons. The number of nitrogens with one attached hydrogen (secondary N) is 1. The van der Waals surface area contributed by atoms with Crippen molar-refractivity contribution in [3.8, 4) is 0 Å². The first-order chi connectivity index (χ1) is 7.32. The summed E-state index contributed by atoms with van der Waals surface area (Å²) in [4.78, 5) is 0.365. The first kappa shape index (κ1) is 11.6. The molecule has 0 heterocycles. The maximum atomic E-state index is 12.0. The molecule has 0 saturated heterocycles. The van der Waals surface area contributed by atoms with Crippen molar-refractivity contribution >= 4 is 10.0 Å². The van der Waals surface area contributed by atoms with Crippen LogP contribution in [-0.4, -0.2) is 14.0 Å². The number of sulfonamides is 1. The van der Waals surface area contributed by atoms with E-state index in [1.54, 1.807) is 12.1 Å². The third-order valence-corrected chi connectivity index (χ3v) is 4.81. The molecule has 1 saturated carbocycles. The van der Waals surface area contributed by atoms with Crippen molar-refractivity contribution in [2.45, 2.75) is 44.0 Å². The van der Waals surface area contributed by atoms with E-state index in [1.807, 2.05) is 26.8 Å². The van der Waals surface area contributed by atoms with Gasteiger partial charge in [-0.1, -0.05) is 6.07 Å². The monoisotopic (exact) mass is 239 g/mol. The lowest BCUT2D eigenvalue weighted by Gasteiger charge is -2.13. The molecule has 0 bridgehead atoms. The van der Waals surface area contributed by atoms with Crippen LogP contribution in [-0.2, 0) is 10.0 Å². The molecule has 0 amide bonds. The molecule has 1 N–H and O–H groups in total. The van der Waals surface area contributed by atoms with Gasteiger partial charge >= 0.3 is 0 Å². The second-order valence-corrected chi connectivity index (χ2v) is 6.59. The maximum absolute atomic E-state index is 12.0. The Bertz CT molecular complexity index is 516. The van der Waals surface area contributed by atoms with E-state index < -0.39 is 10.0 Å². The van der Waals surface area contributed by atoms with Gasteiger partial charge in [0.25, 0.3) is 0 Å². The van der Waals surface area contributed by atoms with Gasteiger partial charge in [0.15, 0.2) is 0 Å². The van der Waals surface area contributed by atoms with Gasteiger partial charge in [-0.15, -0.1) is 0 Å². The summed E-state index contributed by atoms with van der Waals surface area (Å²) in [7, 11) is -3.34. The van der Waals surface area contributed by atoms with E-state index in [0.717, 1.165) is 24.0 Å². The first-order valence-corrected chi connectivity index (χ1v) is 6.92. The van der Waals surface area contributed by atoms with Crippen molar-refractivity contribution in [3.63, 3.8) is 0 Å². The molecule has 16 heavy (non-hydrogen) atoms. The summed E-state index contributed by atoms with van der Waals surface area (Å²) < 4.78 is 26.8. The van der Waals surface area contributed by atoms with Gasteiger partial charge < -0.3 is 0 Å². The van der Waals surface area contributed by atoms with Gasteiger partial charge in [-0.2, -0.15) is 0 Å². The van der Waals surface area contributed by atoms with E-state index in [-0.39, 0.29) is 5.54 Å². The largest absolute Gasteiger partial charge is 0.241 e. The predicted molar refractivity (Wildman–Crippen MR) is 63.9 cm³/mol. The fourth-order valence-corrected chi connectivity index (χ4v) is 3.10. The van der Waals surface area contributed by atoms with Gasteiger partial charge in [-0.25, -0.2) is 13.1 Å². The number of hydrogen-bond acceptors (Lipinski definition) is 2. The Morgan fingerprint density at radius 1 is 1.19 bits per heavy atom. The van der Waals surface area contributed by atoms with Crippen LogP contribution < -0.4 is 4.72 Å². The molecular formula is C12H17NO2S. The third kappa shape index (κ3) is 2.28. The summed E-state index contributed by atoms with van der Waals surface area (Å²) in [6.45, 7) is 5.83. The lowest BCUT2D eigenvalue weighted by Crippen LogP contribution is -2.34. The average molecular weight is 239 g/mol. The lowest BCUT2D eigenvalue weighted by atomic mass is 10.1. The van der Waals surface area contributed by atoms with E-state index in [4.69, 9.17) is 0 Å². The Morgan fingerprint density at radius 3 is 2.31 bits per heavy atom. The topological polar surface area (TPSA) is 46.2 Å². The Morgan fingerprint density at radius 2 is 1.81 bits per heavy atom. The van der Waals surface area contributed by atoms with Crippen molar-refractivity contribution in [1.29, 1.82) is 0 Å². The van der Waals surface area contributed by atoms with Crippen molar-refractivity contribution in [2.75, 3.05) is 0 Å². The highest BCUT2D eigenvalue weighted by Gasteiger charge is 2.41. The molecule has 0 radical (unpaired) electrons. The van der Waals surface area contributed by atoms with Gasteiger partial charge in [0.2, 0.25) is 10.0 Å². The molecule has 1 aliphatic carbocycles. The zero-order chi connectivity index (χ0) is 12.0. The second-order valence-electron chi connectivity index (χ2n) is 4.91. The SMILES string of the molecule is Cc1ccc(S(=O)(=O)NC2(C)CC2)cc1C. The summed E-state index contributed by atoms with van der Waals surface area (Å²) in [6.07, 6.45) is 1.86. The molecule has 1 aliphatic rings. The quantitative estimate of drug-likeness (QED) is 0.878. The molecule has 2 rings (SSSR count). The molecule has 0 aliphatic heterocycles. The van der Waals surface area contributed by atoms with Crippen LogP contribution in [0.1, 0.15) is 30.9 Å². The van der Waals surface area contributed by atoms with Crippen LogP contribution in [0, 0.1) is 13.8 Å². The van der Waals surface area contributed by atoms with Gasteiger partial charge in [-0.3, -0.25) is 0 Å². The van der Waals surface area contributed by atoms with E-state index in [9.17, 15) is 8.42 Å². The molecule has 1 aromatic carbocycles. The fraction of sp³-hybridized carbons (Fsp3) is 0.500. The van der Waals surface area contributed by atoms with Gasteiger partial charge in [0, 0.05) is 5.54 Å². The fourth-order valence-electron chi connectivity index (χ4n) is 1.55. The first-order valence-electron chi connectivity index (χ1n) is 5.44. The number of hydrogen-bond donors (Lipinski definition) is 1. The van der Waals surface area contributed by atoms with Gasteiger partial charge in [-0.05, 0) is 56.9 Å². The molecule has 4 heteroatoms. The van der Waals surface area contributed by atoms with Crippen molar-refractivity contribution < 1.29 is 8.42 Å². The summed E-state index contributed by atoms with van der Waals surface area (Å²) >= 11 is 0. The van der Waals surface area contributed by atoms with Crippen LogP contribution in [0.5, 0.6) is 0 Å². The maximum Gasteiger partial charge on any atom is 0.241 e. The second kappa shape index (κ2) is 3.57. The number of aryl methyl sites for hydroxylation is 2. The molecular weight excluding hydrogens is 222 g/mol. The normalized spacial score (nSPS) is 18.4. The van der Waals surface area contributed by atoms with Crippen LogP contribution >= 0.6 is 0 Å². The van der Waals surface area contributed by atoms with Crippen molar-refractivity contribution in [1.82, 2.24) is 4.72 Å². The Hall–Kier alpha value is -0.870. The smallest absolute Gasteiger partial charge is 0.207 e. The van der Waals surface area contributed by atoms with E-state index in [0.29, 0.717) is 4.90 Å². The minimum atomic E-state index is -3.34. The van der Waals surface area contributed by atoms with Gasteiger partial charge in [0.1, 0.15) is 0 Å². The molecule has 1 aromatic rings. The molecule has 0 spiro atoms. The average Bonchev–Trinajstić information content (AvgIpc) is 2.86. The zero-order valence-corrected chi connectivity index (χ0v) is 10.7. The minimum absolute atomic E-state index is 0.211. The standard InChI is InChI=1S/C12H17NO2S/c1-9-4-5-11(8-10(9)2)16(14,15)13-12(3)6-7-12/h4-5,8,13H,6-7H2,1-3H3. The Kier molecular flexibility index (Phi) is 2.59. The summed E-state index contributed by atoms with van der Waals surface area (Å²) in [5, 5.41) is 0. The molecule has 0 unspecified atom stereocenters. The molecule has 0 atom stereocenters. The van der Waals surface area contributed by atoms with Crippen molar-refractivity contribution in [3.05, 3.63) is 29.3 Å². The Labute approximate surface area is 96.9 Å². The van der Waals surface area contributed by atoms with E-state index in [1.165, 1.54) is 0 Å². The summed E-state index contributed by atoms with van der Waals surface area (Å²) in [5.74, 6) is 0. The predicted octanol–water partition coefficient (Wildman–Crippen LogP) is 2.13. The summed E-state index contributed by atoms with van der Waals surface area (Å²) in [6, 6.07) is 5.24. The van der Waals surface area contributed by atoms with E-state index >= 15 is 0 Å². The Balaban J connectivity index is 2.32. The summed E-state index contributed by atoms with van der Waals surface area (Å²) in [5.41, 5.74) is 1.90. The van der Waals surface area contributed by atoms with Crippen LogP contribution in [0.4, 0.5) is 0 Å². The molecule has 0 aromatic heterocycles. The van der Waals surface area contributed by atoms with Crippen LogP contribution in [0.3, 0.4) is 0 Å². The molecule has 1 fully saturated rings. The van der Waals surface area contributed by atoms with Gasteiger partial charge in [0.05, 0.1) is 4.90 Å². The van der Waals surface area contributed by atoms with Crippen LogP contribution in [0.25, 0.3) is 0 Å². The highest BCUT2D eigenvalue weighted by atomic mass is 32.2. The molecule has 3 nitrogen and oxygen atoms in total. The highest BCUT2D eigenvalue weighted by Crippen LogP contribution is 2.36. The minimum Gasteiger partial charge on any atom is -0.207 e. The van der Waals surface area contributed by atoms with Crippen molar-refractivity contribution in [2.24, 2.45) is 0 Å². The van der Waals surface area contributed by atoms with Crippen LogP contribution in [0.15, 0.2) is 23.1 Å². The van der Waals surface area contributed by atoms with Crippen LogP contribution in [0.2, 0.25) is 0 Å². The number of benzene rings is 1. The van der Waals surface area contributed by atoms with E-state index in [2.05, 4.69) is 4.72 Å². The number of rotatable bonds is 3. The zero-order valence-electron chi connectivity index (χ0n) is 9.87. The lowest BCUT2D eigenvalue weighted by molar-refractivity contribution is 0.558. The third-order valence-electron chi connectivity index (χ3n) is 3.17. The highest BCUT2D eigenvalue weighted by molar-refractivity contribution is 7.89.